The van der Waals surface area contributed by atoms with Crippen LogP contribution in [-0.4, -0.2) is 46.3 Å². The number of anilines is 2. The predicted octanol–water partition coefficient (Wildman–Crippen LogP) is 3.11. The zero-order chi connectivity index (χ0) is 19.2. The summed E-state index contributed by atoms with van der Waals surface area (Å²) in [6.45, 7) is 7.64. The fourth-order valence-corrected chi connectivity index (χ4v) is 3.36. The van der Waals surface area contributed by atoms with E-state index in [0.29, 0.717) is 5.95 Å². The lowest BCUT2D eigenvalue weighted by atomic mass is 10.1. The molecule has 0 saturated carbocycles. The van der Waals surface area contributed by atoms with Crippen LogP contribution in [0.4, 0.5) is 11.8 Å². The SMILES string of the molecule is Cc1ccc(CNc2cnnc(N3CCN(Cc4ccccc4)CC3)n2)cc1. The lowest BCUT2D eigenvalue weighted by molar-refractivity contribution is 0.248. The van der Waals surface area contributed by atoms with Crippen molar-refractivity contribution in [2.24, 2.45) is 0 Å². The summed E-state index contributed by atoms with van der Waals surface area (Å²) in [6, 6.07) is 19.1. The van der Waals surface area contributed by atoms with Gasteiger partial charge in [-0.3, -0.25) is 4.90 Å². The minimum Gasteiger partial charge on any atom is -0.365 e. The van der Waals surface area contributed by atoms with E-state index in [1.165, 1.54) is 16.7 Å². The van der Waals surface area contributed by atoms with E-state index in [2.05, 4.69) is 91.8 Å². The number of piperazine rings is 1. The Morgan fingerprint density at radius 1 is 0.893 bits per heavy atom. The Hall–Kier alpha value is -2.99. The highest BCUT2D eigenvalue weighted by atomic mass is 15.4. The van der Waals surface area contributed by atoms with E-state index < -0.39 is 0 Å². The third kappa shape index (κ3) is 4.84. The Labute approximate surface area is 166 Å². The van der Waals surface area contributed by atoms with Gasteiger partial charge in [0.15, 0.2) is 5.82 Å². The summed E-state index contributed by atoms with van der Waals surface area (Å²) in [6.07, 6.45) is 1.68. The van der Waals surface area contributed by atoms with Crippen molar-refractivity contribution in [3.05, 3.63) is 77.5 Å². The molecule has 1 aliphatic heterocycles. The van der Waals surface area contributed by atoms with Gasteiger partial charge in [0, 0.05) is 39.3 Å². The first-order valence-electron chi connectivity index (χ1n) is 9.77. The van der Waals surface area contributed by atoms with Crippen LogP contribution in [-0.2, 0) is 13.1 Å². The van der Waals surface area contributed by atoms with Gasteiger partial charge in [-0.2, -0.15) is 10.1 Å². The van der Waals surface area contributed by atoms with Gasteiger partial charge >= 0.3 is 0 Å². The Bertz CT molecular complexity index is 873. The fraction of sp³-hybridized carbons (Fsp3) is 0.318. The molecule has 0 unspecified atom stereocenters. The normalized spacial score (nSPS) is 14.8. The van der Waals surface area contributed by atoms with Crippen molar-refractivity contribution in [1.29, 1.82) is 0 Å². The zero-order valence-corrected chi connectivity index (χ0v) is 16.3. The summed E-state index contributed by atoms with van der Waals surface area (Å²) in [5.74, 6) is 1.46. The number of hydrogen-bond acceptors (Lipinski definition) is 6. The molecule has 2 aromatic carbocycles. The molecule has 1 fully saturated rings. The zero-order valence-electron chi connectivity index (χ0n) is 16.3. The summed E-state index contributed by atoms with van der Waals surface area (Å²) in [7, 11) is 0. The van der Waals surface area contributed by atoms with Crippen LogP contribution < -0.4 is 10.2 Å². The topological polar surface area (TPSA) is 57.2 Å². The lowest BCUT2D eigenvalue weighted by Gasteiger charge is -2.34. The van der Waals surface area contributed by atoms with Crippen molar-refractivity contribution in [2.75, 3.05) is 36.4 Å². The smallest absolute Gasteiger partial charge is 0.247 e. The molecule has 0 spiro atoms. The molecule has 1 N–H and O–H groups in total. The monoisotopic (exact) mass is 374 g/mol. The molecular weight excluding hydrogens is 348 g/mol. The number of nitrogens with one attached hydrogen (secondary N) is 1. The number of benzene rings is 2. The Kier molecular flexibility index (Phi) is 5.77. The minimum absolute atomic E-state index is 0.702. The standard InChI is InChI=1S/C22H26N6/c1-18-7-9-19(10-8-18)15-23-21-16-24-26-22(25-21)28-13-11-27(12-14-28)17-20-5-3-2-4-6-20/h2-10,16H,11-15,17H2,1H3,(H,23,25,26). The highest BCUT2D eigenvalue weighted by Crippen LogP contribution is 2.15. The van der Waals surface area contributed by atoms with Crippen LogP contribution in [0, 0.1) is 6.92 Å². The highest BCUT2D eigenvalue weighted by Gasteiger charge is 2.19. The van der Waals surface area contributed by atoms with Gasteiger partial charge in [0.1, 0.15) is 0 Å². The van der Waals surface area contributed by atoms with Crippen molar-refractivity contribution in [3.8, 4) is 0 Å². The van der Waals surface area contributed by atoms with Gasteiger partial charge in [0.25, 0.3) is 0 Å². The van der Waals surface area contributed by atoms with Crippen molar-refractivity contribution >= 4 is 11.8 Å². The summed E-state index contributed by atoms with van der Waals surface area (Å²) >= 11 is 0. The van der Waals surface area contributed by atoms with E-state index in [0.717, 1.165) is 45.1 Å². The van der Waals surface area contributed by atoms with Gasteiger partial charge in [-0.05, 0) is 18.1 Å². The number of rotatable bonds is 6. The van der Waals surface area contributed by atoms with E-state index in [1.54, 1.807) is 6.20 Å². The Morgan fingerprint density at radius 2 is 1.64 bits per heavy atom. The lowest BCUT2D eigenvalue weighted by Crippen LogP contribution is -2.46. The number of hydrogen-bond donors (Lipinski definition) is 1. The number of aryl methyl sites for hydroxylation is 1. The van der Waals surface area contributed by atoms with Gasteiger partial charge in [0.2, 0.25) is 5.95 Å². The predicted molar refractivity (Wildman–Crippen MR) is 112 cm³/mol. The molecule has 0 aliphatic carbocycles. The first kappa shape index (κ1) is 18.4. The van der Waals surface area contributed by atoms with Crippen LogP contribution in [0.15, 0.2) is 60.8 Å². The van der Waals surface area contributed by atoms with Crippen molar-refractivity contribution < 1.29 is 0 Å². The third-order valence-electron chi connectivity index (χ3n) is 5.05. The molecule has 4 rings (SSSR count). The van der Waals surface area contributed by atoms with Gasteiger partial charge in [-0.1, -0.05) is 60.2 Å². The van der Waals surface area contributed by atoms with Crippen molar-refractivity contribution in [3.63, 3.8) is 0 Å². The second-order valence-electron chi connectivity index (χ2n) is 7.23. The van der Waals surface area contributed by atoms with Crippen molar-refractivity contribution in [2.45, 2.75) is 20.0 Å². The fourth-order valence-electron chi connectivity index (χ4n) is 3.36. The second kappa shape index (κ2) is 8.80. The maximum Gasteiger partial charge on any atom is 0.247 e. The third-order valence-corrected chi connectivity index (χ3v) is 5.05. The number of nitrogens with zero attached hydrogens (tertiary/aromatic N) is 5. The van der Waals surface area contributed by atoms with E-state index in [4.69, 9.17) is 0 Å². The van der Waals surface area contributed by atoms with Crippen LogP contribution >= 0.6 is 0 Å². The average Bonchev–Trinajstić information content (AvgIpc) is 2.75. The van der Waals surface area contributed by atoms with E-state index in [-0.39, 0.29) is 0 Å². The van der Waals surface area contributed by atoms with Crippen LogP contribution in [0.1, 0.15) is 16.7 Å². The summed E-state index contributed by atoms with van der Waals surface area (Å²) in [4.78, 5) is 9.35. The Morgan fingerprint density at radius 3 is 2.39 bits per heavy atom. The molecule has 3 aromatic rings. The molecule has 0 amide bonds. The molecule has 1 aromatic heterocycles. The van der Waals surface area contributed by atoms with Crippen LogP contribution in [0.25, 0.3) is 0 Å². The maximum atomic E-state index is 4.66. The molecule has 0 bridgehead atoms. The molecular formula is C22H26N6. The Balaban J connectivity index is 1.31. The molecule has 2 heterocycles. The van der Waals surface area contributed by atoms with Crippen LogP contribution in [0.5, 0.6) is 0 Å². The molecule has 1 aliphatic rings. The molecule has 144 valence electrons. The largest absolute Gasteiger partial charge is 0.365 e. The average molecular weight is 374 g/mol. The number of aromatic nitrogens is 3. The van der Waals surface area contributed by atoms with Crippen molar-refractivity contribution in [1.82, 2.24) is 20.1 Å². The van der Waals surface area contributed by atoms with E-state index in [9.17, 15) is 0 Å². The van der Waals surface area contributed by atoms with Gasteiger partial charge in [0.05, 0.1) is 6.20 Å². The minimum atomic E-state index is 0.702. The summed E-state index contributed by atoms with van der Waals surface area (Å²) in [5, 5.41) is 11.7. The second-order valence-corrected chi connectivity index (χ2v) is 7.23. The van der Waals surface area contributed by atoms with Gasteiger partial charge in [-0.25, -0.2) is 0 Å². The first-order valence-corrected chi connectivity index (χ1v) is 9.77. The summed E-state index contributed by atoms with van der Waals surface area (Å²) < 4.78 is 0. The van der Waals surface area contributed by atoms with Gasteiger partial charge < -0.3 is 10.2 Å². The first-order chi connectivity index (χ1) is 13.8. The molecule has 28 heavy (non-hydrogen) atoms. The molecule has 0 atom stereocenters. The van der Waals surface area contributed by atoms with Gasteiger partial charge in [-0.15, -0.1) is 5.10 Å². The quantitative estimate of drug-likeness (QED) is 0.715. The highest BCUT2D eigenvalue weighted by molar-refractivity contribution is 5.40. The maximum absolute atomic E-state index is 4.66. The van der Waals surface area contributed by atoms with Crippen LogP contribution in [0.3, 0.4) is 0 Å². The van der Waals surface area contributed by atoms with E-state index in [1.807, 2.05) is 0 Å². The molecule has 1 saturated heterocycles. The molecule has 6 nitrogen and oxygen atoms in total. The van der Waals surface area contributed by atoms with E-state index >= 15 is 0 Å². The summed E-state index contributed by atoms with van der Waals surface area (Å²) in [5.41, 5.74) is 3.85. The molecule has 0 radical (unpaired) electrons. The molecule has 6 heteroatoms. The van der Waals surface area contributed by atoms with Crippen LogP contribution in [0.2, 0.25) is 0 Å².